The SMILES string of the molecule is COC1CCN(S(=O)(=O)c2ccc3c(c2)OCCCO3)C(CN)C1.Cl. The van der Waals surface area contributed by atoms with Gasteiger partial charge in [-0.15, -0.1) is 12.4 Å². The third-order valence-electron chi connectivity index (χ3n) is 4.54. The maximum atomic E-state index is 13.1. The van der Waals surface area contributed by atoms with Crippen molar-refractivity contribution in [2.24, 2.45) is 5.73 Å². The van der Waals surface area contributed by atoms with Gasteiger partial charge in [0, 0.05) is 38.7 Å². The molecular formula is C16H25ClN2O5S. The molecule has 0 aliphatic carbocycles. The number of sulfonamides is 1. The number of methoxy groups -OCH3 is 1. The molecule has 2 N–H and O–H groups in total. The van der Waals surface area contributed by atoms with Crippen LogP contribution in [-0.2, 0) is 14.8 Å². The number of halogens is 1. The first-order valence-corrected chi connectivity index (χ1v) is 9.64. The minimum absolute atomic E-state index is 0. The molecule has 0 bridgehead atoms. The first kappa shape index (κ1) is 20.3. The number of rotatable bonds is 4. The fraction of sp³-hybridized carbons (Fsp3) is 0.625. The van der Waals surface area contributed by atoms with Gasteiger partial charge in [0.25, 0.3) is 0 Å². The Kier molecular flexibility index (Phi) is 6.93. The Morgan fingerprint density at radius 2 is 2.00 bits per heavy atom. The lowest BCUT2D eigenvalue weighted by Crippen LogP contribution is -2.51. The average Bonchev–Trinajstić information content (AvgIpc) is 2.85. The highest BCUT2D eigenvalue weighted by atomic mass is 35.5. The van der Waals surface area contributed by atoms with Gasteiger partial charge in [-0.2, -0.15) is 4.31 Å². The van der Waals surface area contributed by atoms with Crippen molar-refractivity contribution in [2.45, 2.75) is 36.3 Å². The van der Waals surface area contributed by atoms with Gasteiger partial charge >= 0.3 is 0 Å². The van der Waals surface area contributed by atoms with E-state index < -0.39 is 10.0 Å². The summed E-state index contributed by atoms with van der Waals surface area (Å²) < 4.78 is 44.1. The molecule has 3 rings (SSSR count). The van der Waals surface area contributed by atoms with E-state index in [9.17, 15) is 8.42 Å². The Morgan fingerprint density at radius 3 is 2.68 bits per heavy atom. The summed E-state index contributed by atoms with van der Waals surface area (Å²) in [4.78, 5) is 0.209. The molecule has 0 aromatic heterocycles. The van der Waals surface area contributed by atoms with Crippen LogP contribution in [0.2, 0.25) is 0 Å². The average molecular weight is 393 g/mol. The summed E-state index contributed by atoms with van der Waals surface area (Å²) in [5.41, 5.74) is 5.81. The number of hydrogen-bond acceptors (Lipinski definition) is 6. The molecule has 1 aromatic carbocycles. The lowest BCUT2D eigenvalue weighted by atomic mass is 10.0. The molecule has 25 heavy (non-hydrogen) atoms. The van der Waals surface area contributed by atoms with Crippen LogP contribution in [0.25, 0.3) is 0 Å². The van der Waals surface area contributed by atoms with E-state index in [2.05, 4.69) is 0 Å². The first-order valence-electron chi connectivity index (χ1n) is 8.20. The number of hydrogen-bond donors (Lipinski definition) is 1. The molecule has 7 nitrogen and oxygen atoms in total. The van der Waals surface area contributed by atoms with Crippen molar-refractivity contribution in [3.63, 3.8) is 0 Å². The zero-order valence-corrected chi connectivity index (χ0v) is 15.9. The van der Waals surface area contributed by atoms with Crippen LogP contribution in [0, 0.1) is 0 Å². The first-order chi connectivity index (χ1) is 11.6. The van der Waals surface area contributed by atoms with Crippen LogP contribution in [0.4, 0.5) is 0 Å². The van der Waals surface area contributed by atoms with Gasteiger partial charge in [-0.25, -0.2) is 8.42 Å². The number of ether oxygens (including phenoxy) is 3. The normalized spacial score (nSPS) is 24.2. The van der Waals surface area contributed by atoms with Crippen molar-refractivity contribution in [3.05, 3.63) is 18.2 Å². The van der Waals surface area contributed by atoms with E-state index >= 15 is 0 Å². The lowest BCUT2D eigenvalue weighted by Gasteiger charge is -2.37. The number of nitrogens with two attached hydrogens (primary N) is 1. The molecule has 142 valence electrons. The van der Waals surface area contributed by atoms with Gasteiger partial charge in [0.05, 0.1) is 24.2 Å². The van der Waals surface area contributed by atoms with Crippen LogP contribution < -0.4 is 15.2 Å². The molecule has 9 heteroatoms. The molecule has 0 amide bonds. The lowest BCUT2D eigenvalue weighted by molar-refractivity contribution is 0.0401. The van der Waals surface area contributed by atoms with Crippen LogP contribution >= 0.6 is 12.4 Å². The summed E-state index contributed by atoms with van der Waals surface area (Å²) in [5.74, 6) is 1.06. The molecule has 2 unspecified atom stereocenters. The number of nitrogens with zero attached hydrogens (tertiary/aromatic N) is 1. The number of benzene rings is 1. The fourth-order valence-electron chi connectivity index (χ4n) is 3.18. The predicted octanol–water partition coefficient (Wildman–Crippen LogP) is 1.40. The summed E-state index contributed by atoms with van der Waals surface area (Å²) in [5, 5.41) is 0. The van der Waals surface area contributed by atoms with Crippen molar-refractivity contribution in [2.75, 3.05) is 33.4 Å². The van der Waals surface area contributed by atoms with Gasteiger partial charge in [0.2, 0.25) is 10.0 Å². The smallest absolute Gasteiger partial charge is 0.243 e. The second kappa shape index (κ2) is 8.55. The van der Waals surface area contributed by atoms with E-state index in [1.54, 1.807) is 25.3 Å². The van der Waals surface area contributed by atoms with Gasteiger partial charge in [0.1, 0.15) is 0 Å². The molecule has 1 fully saturated rings. The Bertz CT molecular complexity index is 685. The van der Waals surface area contributed by atoms with Crippen LogP contribution in [0.15, 0.2) is 23.1 Å². The molecule has 0 spiro atoms. The second-order valence-corrected chi connectivity index (χ2v) is 7.94. The second-order valence-electron chi connectivity index (χ2n) is 6.05. The van der Waals surface area contributed by atoms with Gasteiger partial charge in [-0.1, -0.05) is 0 Å². The number of fused-ring (bicyclic) bond motifs is 1. The maximum Gasteiger partial charge on any atom is 0.243 e. The minimum Gasteiger partial charge on any atom is -0.490 e. The summed E-state index contributed by atoms with van der Waals surface area (Å²) in [6, 6.07) is 4.52. The van der Waals surface area contributed by atoms with E-state index in [0.29, 0.717) is 44.1 Å². The molecule has 1 saturated heterocycles. The third kappa shape index (κ3) is 4.20. The summed E-state index contributed by atoms with van der Waals surface area (Å²) in [7, 11) is -1.99. The van der Waals surface area contributed by atoms with Crippen LogP contribution in [0.5, 0.6) is 11.5 Å². The van der Waals surface area contributed by atoms with E-state index in [4.69, 9.17) is 19.9 Å². The molecule has 2 aliphatic heterocycles. The summed E-state index contributed by atoms with van der Waals surface area (Å²) in [6.07, 6.45) is 2.10. The quantitative estimate of drug-likeness (QED) is 0.832. The topological polar surface area (TPSA) is 91.1 Å². The van der Waals surface area contributed by atoms with Crippen molar-refractivity contribution >= 4 is 22.4 Å². The third-order valence-corrected chi connectivity index (χ3v) is 6.49. The van der Waals surface area contributed by atoms with Crippen LogP contribution in [-0.4, -0.2) is 58.3 Å². The van der Waals surface area contributed by atoms with Gasteiger partial charge in [-0.3, -0.25) is 0 Å². The van der Waals surface area contributed by atoms with E-state index in [1.165, 1.54) is 4.31 Å². The molecule has 1 aromatic rings. The fourth-order valence-corrected chi connectivity index (χ4v) is 4.85. The minimum atomic E-state index is -3.64. The summed E-state index contributed by atoms with van der Waals surface area (Å²) in [6.45, 7) is 1.75. The molecule has 0 saturated carbocycles. The highest BCUT2D eigenvalue weighted by molar-refractivity contribution is 7.89. The van der Waals surface area contributed by atoms with Crippen molar-refractivity contribution in [1.29, 1.82) is 0 Å². The predicted molar refractivity (Wildman–Crippen MR) is 96.1 cm³/mol. The van der Waals surface area contributed by atoms with Crippen molar-refractivity contribution in [1.82, 2.24) is 4.31 Å². The molecule has 2 heterocycles. The molecular weight excluding hydrogens is 368 g/mol. The maximum absolute atomic E-state index is 13.1. The van der Waals surface area contributed by atoms with E-state index in [1.807, 2.05) is 0 Å². The Labute approximate surface area is 154 Å². The Hall–Kier alpha value is -1.06. The standard InChI is InChI=1S/C16H24N2O5S.ClH/c1-21-13-5-6-18(12(9-13)11-17)24(19,20)14-3-4-15-16(10-14)23-8-2-7-22-15;/h3-4,10,12-13H,2,5-9,11,17H2,1H3;1H. The highest BCUT2D eigenvalue weighted by Crippen LogP contribution is 2.34. The molecule has 2 atom stereocenters. The van der Waals surface area contributed by atoms with E-state index in [0.717, 1.165) is 6.42 Å². The van der Waals surface area contributed by atoms with Gasteiger partial charge in [-0.05, 0) is 25.0 Å². The largest absolute Gasteiger partial charge is 0.490 e. The highest BCUT2D eigenvalue weighted by Gasteiger charge is 2.36. The van der Waals surface area contributed by atoms with Crippen LogP contribution in [0.3, 0.4) is 0 Å². The van der Waals surface area contributed by atoms with Crippen molar-refractivity contribution in [3.8, 4) is 11.5 Å². The zero-order chi connectivity index (χ0) is 17.2. The summed E-state index contributed by atoms with van der Waals surface area (Å²) >= 11 is 0. The van der Waals surface area contributed by atoms with Crippen LogP contribution in [0.1, 0.15) is 19.3 Å². The monoisotopic (exact) mass is 392 g/mol. The molecule has 2 aliphatic rings. The molecule has 0 radical (unpaired) electrons. The van der Waals surface area contributed by atoms with E-state index in [-0.39, 0.29) is 36.0 Å². The zero-order valence-electron chi connectivity index (χ0n) is 14.2. The Balaban J connectivity index is 0.00000225. The number of piperidine rings is 1. The van der Waals surface area contributed by atoms with Crippen molar-refractivity contribution < 1.29 is 22.6 Å². The van der Waals surface area contributed by atoms with Gasteiger partial charge in [0.15, 0.2) is 11.5 Å². The van der Waals surface area contributed by atoms with Gasteiger partial charge < -0.3 is 19.9 Å². The Morgan fingerprint density at radius 1 is 1.28 bits per heavy atom.